The topological polar surface area (TPSA) is 59.3 Å². The summed E-state index contributed by atoms with van der Waals surface area (Å²) in [5, 5.41) is 17.6. The highest BCUT2D eigenvalue weighted by Crippen LogP contribution is 2.43. The van der Waals surface area contributed by atoms with E-state index in [0.29, 0.717) is 16.1 Å². The third kappa shape index (κ3) is 3.68. The highest BCUT2D eigenvalue weighted by molar-refractivity contribution is 7.18. The van der Waals surface area contributed by atoms with E-state index in [9.17, 15) is 9.90 Å². The standard InChI is InChI=1S/C27H23N3O2S/c1-18-22(25(31)28-21-16-10-5-11-17-21)23(19-12-6-3-7-13-19)30-26(32)24(33-27(30)29(18)2)20-14-8-4-9-15-20/h3-17,23H,1-2H3,(H-,28,31,32). The van der Waals surface area contributed by atoms with Gasteiger partial charge in [-0.15, -0.1) is 0 Å². The number of nitrogens with zero attached hydrogens (tertiary/aromatic N) is 2. The lowest BCUT2D eigenvalue weighted by Gasteiger charge is -2.30. The van der Waals surface area contributed by atoms with Crippen molar-refractivity contribution >= 4 is 28.1 Å². The van der Waals surface area contributed by atoms with E-state index in [1.165, 1.54) is 11.3 Å². The number of nitrogens with one attached hydrogen (secondary N) is 1. The summed E-state index contributed by atoms with van der Waals surface area (Å²) in [4.78, 5) is 16.2. The summed E-state index contributed by atoms with van der Waals surface area (Å²) >= 11 is 1.45. The van der Waals surface area contributed by atoms with Crippen molar-refractivity contribution in [1.29, 1.82) is 0 Å². The summed E-state index contributed by atoms with van der Waals surface area (Å²) in [5.74, 6) is -0.316. The Morgan fingerprint density at radius 3 is 2.15 bits per heavy atom. The average Bonchev–Trinajstić information content (AvgIpc) is 3.20. The number of hydrogen-bond acceptors (Lipinski definition) is 4. The van der Waals surface area contributed by atoms with Crippen LogP contribution in [0.4, 0.5) is 10.8 Å². The first-order chi connectivity index (χ1) is 16.1. The molecule has 1 aliphatic rings. The van der Waals surface area contributed by atoms with Crippen LogP contribution in [-0.2, 0) is 4.79 Å². The van der Waals surface area contributed by atoms with Crippen LogP contribution in [0, 0.1) is 0 Å². The summed E-state index contributed by atoms with van der Waals surface area (Å²) in [7, 11) is 1.91. The summed E-state index contributed by atoms with van der Waals surface area (Å²) in [6, 6.07) is 28.3. The fourth-order valence-electron chi connectivity index (χ4n) is 4.22. The highest BCUT2D eigenvalue weighted by atomic mass is 32.1. The minimum atomic E-state index is -0.526. The fourth-order valence-corrected chi connectivity index (χ4v) is 5.40. The first-order valence-corrected chi connectivity index (χ1v) is 11.5. The predicted molar refractivity (Wildman–Crippen MR) is 130 cm³/mol. The molecule has 0 saturated carbocycles. The minimum Gasteiger partial charge on any atom is -0.841 e. The van der Waals surface area contributed by atoms with Crippen LogP contribution < -0.4 is 19.9 Å². The maximum atomic E-state index is 13.8. The molecular formula is C27H23N3O2S. The van der Waals surface area contributed by atoms with Crippen LogP contribution in [0.15, 0.2) is 102 Å². The van der Waals surface area contributed by atoms with E-state index < -0.39 is 6.04 Å². The second-order valence-corrected chi connectivity index (χ2v) is 8.92. The molecule has 0 spiro atoms. The van der Waals surface area contributed by atoms with Gasteiger partial charge < -0.3 is 10.4 Å². The normalized spacial score (nSPS) is 15.3. The zero-order valence-corrected chi connectivity index (χ0v) is 19.2. The van der Waals surface area contributed by atoms with E-state index in [2.05, 4.69) is 5.32 Å². The van der Waals surface area contributed by atoms with Gasteiger partial charge in [-0.2, -0.15) is 0 Å². The molecule has 4 aromatic rings. The Balaban J connectivity index is 1.68. The summed E-state index contributed by atoms with van der Waals surface area (Å²) < 4.78 is 1.76. The zero-order chi connectivity index (χ0) is 22.9. The van der Waals surface area contributed by atoms with Crippen LogP contribution in [-0.4, -0.2) is 13.0 Å². The Labute approximate surface area is 196 Å². The number of benzene rings is 3. The van der Waals surface area contributed by atoms with Crippen LogP contribution in [0.1, 0.15) is 18.5 Å². The van der Waals surface area contributed by atoms with Gasteiger partial charge in [0.2, 0.25) is 0 Å². The van der Waals surface area contributed by atoms with Gasteiger partial charge in [-0.05, 0) is 36.0 Å². The quantitative estimate of drug-likeness (QED) is 0.455. The monoisotopic (exact) mass is 453 g/mol. The summed E-state index contributed by atoms with van der Waals surface area (Å²) in [6.07, 6.45) is 0. The third-order valence-corrected chi connectivity index (χ3v) is 7.22. The molecule has 1 N–H and O–H groups in total. The molecule has 5 nitrogen and oxygen atoms in total. The van der Waals surface area contributed by atoms with Crippen molar-refractivity contribution in [3.8, 4) is 16.3 Å². The van der Waals surface area contributed by atoms with Gasteiger partial charge in [-0.1, -0.05) is 78.9 Å². The first-order valence-electron chi connectivity index (χ1n) is 10.7. The van der Waals surface area contributed by atoms with Crippen molar-refractivity contribution < 1.29 is 14.5 Å². The average molecular weight is 454 g/mol. The smallest absolute Gasteiger partial charge is 0.341 e. The number of allylic oxidation sites excluding steroid dienone is 1. The molecule has 5 rings (SSSR count). The Morgan fingerprint density at radius 1 is 0.939 bits per heavy atom. The maximum Gasteiger partial charge on any atom is 0.341 e. The van der Waals surface area contributed by atoms with Crippen molar-refractivity contribution in [2.24, 2.45) is 0 Å². The van der Waals surface area contributed by atoms with E-state index in [1.807, 2.05) is 110 Å². The molecule has 0 bridgehead atoms. The minimum absolute atomic E-state index is 0.0978. The number of hydrogen-bond donors (Lipinski definition) is 1. The number of anilines is 2. The van der Waals surface area contributed by atoms with Crippen molar-refractivity contribution in [3.63, 3.8) is 0 Å². The lowest BCUT2D eigenvalue weighted by atomic mass is 9.94. The largest absolute Gasteiger partial charge is 0.841 e. The van der Waals surface area contributed by atoms with E-state index in [1.54, 1.807) is 4.57 Å². The molecule has 1 aliphatic heterocycles. The molecule has 3 aromatic carbocycles. The number of fused-ring (bicyclic) bond motifs is 1. The van der Waals surface area contributed by atoms with Crippen LogP contribution in [0.2, 0.25) is 0 Å². The van der Waals surface area contributed by atoms with E-state index in [-0.39, 0.29) is 11.8 Å². The number of amides is 1. The van der Waals surface area contributed by atoms with E-state index in [0.717, 1.165) is 22.0 Å². The molecule has 2 heterocycles. The highest BCUT2D eigenvalue weighted by Gasteiger charge is 2.42. The number of rotatable bonds is 4. The maximum absolute atomic E-state index is 13.8. The second-order valence-electron chi connectivity index (χ2n) is 7.95. The molecule has 0 aliphatic carbocycles. The predicted octanol–water partition coefficient (Wildman–Crippen LogP) is 4.73. The molecule has 6 heteroatoms. The first kappa shape index (κ1) is 21.0. The van der Waals surface area contributed by atoms with Gasteiger partial charge in [-0.3, -0.25) is 4.79 Å². The molecular weight excluding hydrogens is 430 g/mol. The second kappa shape index (κ2) is 8.56. The molecule has 1 amide bonds. The van der Waals surface area contributed by atoms with Gasteiger partial charge in [0.1, 0.15) is 11.3 Å². The molecule has 164 valence electrons. The van der Waals surface area contributed by atoms with Crippen LogP contribution in [0.25, 0.3) is 10.4 Å². The van der Waals surface area contributed by atoms with Gasteiger partial charge in [0.15, 0.2) is 6.04 Å². The van der Waals surface area contributed by atoms with E-state index >= 15 is 0 Å². The molecule has 1 aromatic heterocycles. The molecule has 1 atom stereocenters. The summed E-state index contributed by atoms with van der Waals surface area (Å²) in [5.41, 5.74) is 3.86. The van der Waals surface area contributed by atoms with Gasteiger partial charge in [0.05, 0.1) is 17.8 Å². The van der Waals surface area contributed by atoms with Gasteiger partial charge in [0.25, 0.3) is 5.91 Å². The molecule has 0 fully saturated rings. The van der Waals surface area contributed by atoms with Crippen molar-refractivity contribution in [2.45, 2.75) is 13.0 Å². The Bertz CT molecular complexity index is 1330. The fraction of sp³-hybridized carbons (Fsp3) is 0.111. The Kier molecular flexibility index (Phi) is 5.44. The number of aromatic nitrogens is 1. The zero-order valence-electron chi connectivity index (χ0n) is 18.4. The summed E-state index contributed by atoms with van der Waals surface area (Å²) in [6.45, 7) is 1.94. The van der Waals surface area contributed by atoms with Crippen molar-refractivity contribution in [3.05, 3.63) is 108 Å². The Morgan fingerprint density at radius 2 is 1.52 bits per heavy atom. The lowest BCUT2D eigenvalue weighted by Crippen LogP contribution is -2.52. The number of carbonyl (C=O) groups excluding carboxylic acids is 1. The van der Waals surface area contributed by atoms with Crippen molar-refractivity contribution in [1.82, 2.24) is 0 Å². The number of carbonyl (C=O) groups is 1. The lowest BCUT2D eigenvalue weighted by molar-refractivity contribution is -0.728. The van der Waals surface area contributed by atoms with Crippen LogP contribution in [0.3, 0.4) is 0 Å². The van der Waals surface area contributed by atoms with E-state index in [4.69, 9.17) is 0 Å². The SMILES string of the molecule is CC1=C(C(=O)Nc2ccccc2)C(c2ccccc2)[n+]2c(sc(-c3ccccc3)c2[O-])N1C. The molecule has 0 saturated heterocycles. The third-order valence-electron chi connectivity index (χ3n) is 5.95. The van der Waals surface area contributed by atoms with Crippen LogP contribution in [0.5, 0.6) is 5.88 Å². The van der Waals surface area contributed by atoms with Gasteiger partial charge >= 0.3 is 5.13 Å². The van der Waals surface area contributed by atoms with Crippen LogP contribution >= 0.6 is 11.3 Å². The molecule has 1 unspecified atom stereocenters. The number of thiazole rings is 1. The molecule has 33 heavy (non-hydrogen) atoms. The van der Waals surface area contributed by atoms with Gasteiger partial charge in [-0.25, -0.2) is 9.47 Å². The van der Waals surface area contributed by atoms with Crippen molar-refractivity contribution in [2.75, 3.05) is 17.3 Å². The Hall–Kier alpha value is -3.90. The van der Waals surface area contributed by atoms with Gasteiger partial charge in [0, 0.05) is 11.3 Å². The number of para-hydroxylation sites is 1. The molecule has 0 radical (unpaired) electrons.